The Bertz CT molecular complexity index is 3930. The van der Waals surface area contributed by atoms with Gasteiger partial charge in [0.1, 0.15) is 0 Å². The van der Waals surface area contributed by atoms with Gasteiger partial charge in [0.2, 0.25) is 17.5 Å². The summed E-state index contributed by atoms with van der Waals surface area (Å²) < 4.78 is 154. The molecule has 3 nitrogen and oxygen atoms in total. The van der Waals surface area contributed by atoms with Gasteiger partial charge in [-0.1, -0.05) is 191 Å². The molecule has 7 aromatic rings. The average molecular weight is 1500 g/mol. The van der Waals surface area contributed by atoms with E-state index in [-0.39, 0.29) is 48.0 Å². The van der Waals surface area contributed by atoms with Crippen LogP contribution in [-0.4, -0.2) is 21.3 Å². The van der Waals surface area contributed by atoms with Crippen LogP contribution >= 0.6 is 0 Å². The minimum atomic E-state index is -0.935. The van der Waals surface area contributed by atoms with Gasteiger partial charge in [0.25, 0.3) is 0 Å². The molecule has 0 atom stereocenters. The van der Waals surface area contributed by atoms with E-state index in [0.717, 1.165) is 117 Å². The van der Waals surface area contributed by atoms with E-state index < -0.39 is 58.2 Å². The maximum Gasteiger partial charge on any atom is 0.201 e. The highest BCUT2D eigenvalue weighted by atomic mass is 19.2. The monoisotopic (exact) mass is 1500 g/mol. The molecule has 0 heterocycles. The van der Waals surface area contributed by atoms with Gasteiger partial charge >= 0.3 is 0 Å². The van der Waals surface area contributed by atoms with Gasteiger partial charge in [-0.3, -0.25) is 0 Å². The van der Waals surface area contributed by atoms with Crippen LogP contribution in [0.4, 0.5) is 43.9 Å². The van der Waals surface area contributed by atoms with Gasteiger partial charge in [0.15, 0.2) is 58.0 Å². The molecular formula is C95H122F10O3. The highest BCUT2D eigenvalue weighted by molar-refractivity contribution is 5.66. The second kappa shape index (κ2) is 40.4. The van der Waals surface area contributed by atoms with Crippen molar-refractivity contribution in [3.05, 3.63) is 206 Å². The Balaban J connectivity index is 0.000000156. The third kappa shape index (κ3) is 21.7. The number of halogens is 10. The summed E-state index contributed by atoms with van der Waals surface area (Å²) >= 11 is 0. The highest BCUT2D eigenvalue weighted by Crippen LogP contribution is 2.48. The minimum Gasteiger partial charge on any atom is -0.494 e. The van der Waals surface area contributed by atoms with Gasteiger partial charge in [-0.15, -0.1) is 0 Å². The Kier molecular flexibility index (Phi) is 31.9. The molecule has 0 spiro atoms. The zero-order valence-corrected chi connectivity index (χ0v) is 65.3. The maximum atomic E-state index is 14.3. The topological polar surface area (TPSA) is 27.7 Å². The smallest absolute Gasteiger partial charge is 0.201 e. The first-order valence-corrected chi connectivity index (χ1v) is 40.6. The number of hydrogen-bond donors (Lipinski definition) is 0. The summed E-state index contributed by atoms with van der Waals surface area (Å²) in [6.07, 6.45) is 33.8. The van der Waals surface area contributed by atoms with E-state index >= 15 is 0 Å². The third-order valence-electron chi connectivity index (χ3n) is 26.2. The number of rotatable bonds is 12. The molecule has 0 N–H and O–H groups in total. The normalized spacial score (nSPS) is 26.3. The first kappa shape index (κ1) is 85.2. The van der Waals surface area contributed by atoms with Crippen molar-refractivity contribution < 1.29 is 58.1 Å². The Morgan fingerprint density at radius 3 is 0.778 bits per heavy atom. The summed E-state index contributed by atoms with van der Waals surface area (Å²) in [4.78, 5) is 0. The fraction of sp³-hybridized carbons (Fsp3) is 0.558. The van der Waals surface area contributed by atoms with Crippen molar-refractivity contribution in [2.75, 3.05) is 21.3 Å². The van der Waals surface area contributed by atoms with Crippen LogP contribution in [0.3, 0.4) is 0 Å². The van der Waals surface area contributed by atoms with E-state index in [2.05, 4.69) is 58.9 Å². The summed E-state index contributed by atoms with van der Waals surface area (Å²) in [5.41, 5.74) is 7.08. The van der Waals surface area contributed by atoms with Crippen LogP contribution < -0.4 is 14.2 Å². The van der Waals surface area contributed by atoms with Gasteiger partial charge in [-0.2, -0.15) is 13.2 Å². The van der Waals surface area contributed by atoms with Gasteiger partial charge in [-0.25, -0.2) is 30.7 Å². The molecule has 590 valence electrons. The molecule has 7 aromatic carbocycles. The predicted molar refractivity (Wildman–Crippen MR) is 421 cm³/mol. The summed E-state index contributed by atoms with van der Waals surface area (Å²) in [7, 11) is 4.05. The van der Waals surface area contributed by atoms with Gasteiger partial charge < -0.3 is 14.2 Å². The lowest BCUT2D eigenvalue weighted by Crippen LogP contribution is -2.25. The predicted octanol–water partition coefficient (Wildman–Crippen LogP) is 29.5. The quantitative estimate of drug-likeness (QED) is 0.114. The molecule has 0 bridgehead atoms. The summed E-state index contributed by atoms with van der Waals surface area (Å²) in [6.45, 7) is 14.8. The van der Waals surface area contributed by atoms with Gasteiger partial charge in [-0.05, 0) is 287 Å². The van der Waals surface area contributed by atoms with Crippen molar-refractivity contribution in [3.63, 3.8) is 0 Å². The molecular weight excluding hydrogens is 1380 g/mol. The standard InChI is InChI=1S/C20H28F2O.C20H22F2O.C20H28F2.C20H22F2.C14H18F2O.CH4/c2*1-13-3-5-14(6-4-13)15-7-9-16(10-8-15)17-11-12-18(23-2)20(22)19(17)21;2*1-13-3-6-15(7-4-13)16-8-10-17(11-9-16)18-12-5-14(2)19(21)20(18)22;1-9-3-5-10(6-4-9)11-7-8-12(17-2)14(16)13(11)15;/h11-16H,3-10H2,1-2H3;7-14H,3-6H2,1-2H3;5,12-13,15-17H,3-4,6-11H2,1-2H3;5,8-13,15H,3-4,6-7H2,1-2H3;7-10H,3-6H2,1-2H3;1H4. The first-order chi connectivity index (χ1) is 51.4. The molecule has 7 aliphatic carbocycles. The number of hydrogen-bond acceptors (Lipinski definition) is 3. The Labute approximate surface area is 640 Å². The minimum absolute atomic E-state index is 0. The van der Waals surface area contributed by atoms with Crippen molar-refractivity contribution in [2.24, 2.45) is 53.3 Å². The zero-order chi connectivity index (χ0) is 76.6. The van der Waals surface area contributed by atoms with E-state index in [4.69, 9.17) is 14.2 Å². The van der Waals surface area contributed by atoms with Crippen molar-refractivity contribution in [2.45, 2.75) is 265 Å². The Hall–Kier alpha value is -6.76. The molecule has 7 fully saturated rings. The summed E-state index contributed by atoms with van der Waals surface area (Å²) in [5.74, 6) is 1.49. The Morgan fingerprint density at radius 1 is 0.231 bits per heavy atom. The van der Waals surface area contributed by atoms with Gasteiger partial charge in [0.05, 0.1) is 21.3 Å². The molecule has 7 aliphatic rings. The maximum absolute atomic E-state index is 14.3. The largest absolute Gasteiger partial charge is 0.494 e. The van der Waals surface area contributed by atoms with Crippen LogP contribution in [0, 0.1) is 125 Å². The lowest BCUT2D eigenvalue weighted by molar-refractivity contribution is 0.164. The lowest BCUT2D eigenvalue weighted by atomic mass is 9.68. The molecule has 0 aromatic heterocycles. The molecule has 13 heteroatoms. The second-order valence-corrected chi connectivity index (χ2v) is 33.4. The molecule has 7 saturated carbocycles. The van der Waals surface area contributed by atoms with Crippen LogP contribution in [0.15, 0.2) is 109 Å². The van der Waals surface area contributed by atoms with Crippen LogP contribution in [0.5, 0.6) is 17.2 Å². The van der Waals surface area contributed by atoms with Crippen LogP contribution in [-0.2, 0) is 0 Å². The average Bonchev–Trinajstić information content (AvgIpc) is 0.822. The van der Waals surface area contributed by atoms with Crippen LogP contribution in [0.25, 0.3) is 22.3 Å². The van der Waals surface area contributed by atoms with Crippen molar-refractivity contribution in [3.8, 4) is 39.5 Å². The highest BCUT2D eigenvalue weighted by Gasteiger charge is 2.35. The van der Waals surface area contributed by atoms with E-state index in [1.807, 2.05) is 24.3 Å². The first-order valence-electron chi connectivity index (χ1n) is 40.6. The number of benzene rings is 7. The fourth-order valence-corrected chi connectivity index (χ4v) is 18.7. The fourth-order valence-electron chi connectivity index (χ4n) is 18.7. The number of aryl methyl sites for hydroxylation is 2. The van der Waals surface area contributed by atoms with Crippen LogP contribution in [0.1, 0.15) is 290 Å². The van der Waals surface area contributed by atoms with Crippen LogP contribution in [0.2, 0.25) is 0 Å². The molecule has 0 saturated heterocycles. The van der Waals surface area contributed by atoms with Crippen molar-refractivity contribution in [1.29, 1.82) is 0 Å². The Morgan fingerprint density at radius 2 is 0.454 bits per heavy atom. The molecule has 0 unspecified atom stereocenters. The molecule has 108 heavy (non-hydrogen) atoms. The third-order valence-corrected chi connectivity index (χ3v) is 26.2. The van der Waals surface area contributed by atoms with E-state index in [1.54, 1.807) is 62.4 Å². The molecule has 0 radical (unpaired) electrons. The summed E-state index contributed by atoms with van der Waals surface area (Å²) in [5, 5.41) is 0. The SMILES string of the molecule is C.COc1ccc(-c2ccc(C3CCC(C)CC3)cc2)c(F)c1F.COc1ccc(C2CCC(C)CC2)c(F)c1F.COc1ccc(C2CCC(C3CCC(C)CC3)CC2)c(F)c1F.Cc1ccc(-c2ccc(C3CCC(C)CC3)cc2)c(F)c1F.Cc1ccc(C2CCC(C3CCC(C)CC3)CC2)c(F)c1F. The summed E-state index contributed by atoms with van der Waals surface area (Å²) in [6, 6.07) is 32.2. The van der Waals surface area contributed by atoms with E-state index in [1.165, 1.54) is 160 Å². The van der Waals surface area contributed by atoms with Crippen molar-refractivity contribution >= 4 is 0 Å². The zero-order valence-electron chi connectivity index (χ0n) is 65.3. The molecule has 0 amide bonds. The molecule has 14 rings (SSSR count). The van der Waals surface area contributed by atoms with E-state index in [9.17, 15) is 43.9 Å². The number of ether oxygens (including phenoxy) is 3. The van der Waals surface area contributed by atoms with E-state index in [0.29, 0.717) is 56.7 Å². The van der Waals surface area contributed by atoms with Gasteiger partial charge in [0, 0.05) is 11.1 Å². The second-order valence-electron chi connectivity index (χ2n) is 33.4. The number of methoxy groups -OCH3 is 3. The van der Waals surface area contributed by atoms with Crippen molar-refractivity contribution in [1.82, 2.24) is 0 Å². The molecule has 0 aliphatic heterocycles. The lowest BCUT2D eigenvalue weighted by Gasteiger charge is -2.37.